The van der Waals surface area contributed by atoms with Gasteiger partial charge in [0.25, 0.3) is 5.88 Å². The predicted octanol–water partition coefficient (Wildman–Crippen LogP) is 1.66. The number of anilines is 1. The predicted molar refractivity (Wildman–Crippen MR) is 108 cm³/mol. The van der Waals surface area contributed by atoms with Gasteiger partial charge in [-0.05, 0) is 35.3 Å². The molecule has 166 valence electrons. The molecule has 2 aliphatic heterocycles. The van der Waals surface area contributed by atoms with Crippen molar-refractivity contribution in [3.63, 3.8) is 0 Å². The van der Waals surface area contributed by atoms with Crippen LogP contribution in [0.2, 0.25) is 0 Å². The molecule has 2 aliphatic rings. The second kappa shape index (κ2) is 9.46. The van der Waals surface area contributed by atoms with E-state index >= 15 is 0 Å². The lowest BCUT2D eigenvalue weighted by Gasteiger charge is -2.32. The Bertz CT molecular complexity index is 931. The number of aromatic nitrogens is 1. The summed E-state index contributed by atoms with van der Waals surface area (Å²) < 4.78 is 30.3. The zero-order chi connectivity index (χ0) is 21.8. The maximum absolute atomic E-state index is 14.9. The second-order valence-corrected chi connectivity index (χ2v) is 7.42. The van der Waals surface area contributed by atoms with Gasteiger partial charge < -0.3 is 24.2 Å². The van der Waals surface area contributed by atoms with E-state index in [0.717, 1.165) is 5.57 Å². The van der Waals surface area contributed by atoms with Gasteiger partial charge in [-0.15, -0.1) is 0 Å². The first-order valence-corrected chi connectivity index (χ1v) is 10.0. The van der Waals surface area contributed by atoms with Crippen LogP contribution in [-0.2, 0) is 4.74 Å². The molecule has 4 rings (SSSR count). The quantitative estimate of drug-likeness (QED) is 0.647. The van der Waals surface area contributed by atoms with Crippen molar-refractivity contribution in [2.24, 2.45) is 0 Å². The number of aliphatic hydroxyl groups excluding tert-OH is 2. The molecule has 0 radical (unpaired) electrons. The summed E-state index contributed by atoms with van der Waals surface area (Å²) in [5.41, 5.74) is 1.75. The lowest BCUT2D eigenvalue weighted by Crippen LogP contribution is -2.42. The molecule has 1 aromatic carbocycles. The Morgan fingerprint density at radius 2 is 2.13 bits per heavy atom. The second-order valence-electron chi connectivity index (χ2n) is 7.42. The van der Waals surface area contributed by atoms with E-state index in [1.165, 1.54) is 17.2 Å². The lowest BCUT2D eigenvalue weighted by atomic mass is 9.97. The summed E-state index contributed by atoms with van der Waals surface area (Å²) in [4.78, 5) is 15.6. The average Bonchev–Trinajstić information content (AvgIpc) is 3.43. The van der Waals surface area contributed by atoms with Gasteiger partial charge in [0, 0.05) is 24.7 Å². The minimum Gasteiger partial charge on any atom is -0.471 e. The van der Waals surface area contributed by atoms with Crippen LogP contribution in [0, 0.1) is 5.82 Å². The maximum Gasteiger partial charge on any atom is 0.414 e. The topological polar surface area (TPSA) is 108 Å². The van der Waals surface area contributed by atoms with Crippen molar-refractivity contribution < 1.29 is 33.4 Å². The number of benzene rings is 1. The first kappa shape index (κ1) is 21.3. The summed E-state index contributed by atoms with van der Waals surface area (Å²) in [6.07, 6.45) is 2.81. The number of halogens is 1. The van der Waals surface area contributed by atoms with Crippen molar-refractivity contribution in [3.8, 4) is 5.88 Å². The van der Waals surface area contributed by atoms with Crippen molar-refractivity contribution in [2.75, 3.05) is 44.4 Å². The number of carbonyl (C=O) groups excluding carboxylic acids is 1. The average molecular weight is 433 g/mol. The number of ether oxygens (including phenoxy) is 2. The molecule has 3 heterocycles. The van der Waals surface area contributed by atoms with Crippen molar-refractivity contribution in [1.82, 2.24) is 10.1 Å². The van der Waals surface area contributed by atoms with Gasteiger partial charge in [0.15, 0.2) is 6.10 Å². The Kier molecular flexibility index (Phi) is 6.50. The van der Waals surface area contributed by atoms with Crippen molar-refractivity contribution in [3.05, 3.63) is 48.0 Å². The number of hydrogen-bond acceptors (Lipinski definition) is 8. The fraction of sp³-hybridized carbons (Fsp3) is 0.429. The first-order chi connectivity index (χ1) is 15.1. The summed E-state index contributed by atoms with van der Waals surface area (Å²) in [5.74, 6) is -0.123. The Labute approximate surface area is 178 Å². The summed E-state index contributed by atoms with van der Waals surface area (Å²) in [5, 5.41) is 22.3. The van der Waals surface area contributed by atoms with Crippen molar-refractivity contribution in [1.29, 1.82) is 0 Å². The van der Waals surface area contributed by atoms with E-state index in [-0.39, 0.29) is 32.4 Å². The number of hydrogen-bond donors (Lipinski definition) is 2. The molecule has 0 aliphatic carbocycles. The van der Waals surface area contributed by atoms with E-state index in [1.807, 2.05) is 11.0 Å². The number of cyclic esters (lactones) is 1. The molecule has 9 nitrogen and oxygen atoms in total. The summed E-state index contributed by atoms with van der Waals surface area (Å²) in [7, 11) is 0. The van der Waals surface area contributed by atoms with Crippen LogP contribution in [0.15, 0.2) is 41.1 Å². The number of aliphatic hydroxyl groups is 2. The van der Waals surface area contributed by atoms with Gasteiger partial charge in [-0.25, -0.2) is 9.18 Å². The van der Waals surface area contributed by atoms with Crippen LogP contribution in [0.3, 0.4) is 0 Å². The molecule has 0 spiro atoms. The zero-order valence-corrected chi connectivity index (χ0v) is 16.8. The number of nitrogens with zero attached hydrogens (tertiary/aromatic N) is 3. The molecule has 1 amide bonds. The van der Waals surface area contributed by atoms with E-state index < -0.39 is 18.0 Å². The molecule has 31 heavy (non-hydrogen) atoms. The van der Waals surface area contributed by atoms with E-state index in [1.54, 1.807) is 18.2 Å². The molecule has 1 aromatic heterocycles. The molecular formula is C21H24FN3O6. The standard InChI is InChI=1S/C21H24FN3O6/c22-19-9-15(25-10-17(31-21(25)28)13-29-20-5-8-30-23-20)1-2-18(19)14-3-6-24(7-4-14)16(11-26)12-27/h1-3,5,8-9,16-17,26-27H,4,6-7,10-13H2. The SMILES string of the molecule is O=C1OC(COc2ccon2)CN1c1ccc(C2=CCN(C(CO)CO)CC2)c(F)c1. The van der Waals surface area contributed by atoms with Gasteiger partial charge in [0.1, 0.15) is 18.7 Å². The van der Waals surface area contributed by atoms with Crippen molar-refractivity contribution in [2.45, 2.75) is 18.6 Å². The Balaban J connectivity index is 1.40. The lowest BCUT2D eigenvalue weighted by molar-refractivity contribution is 0.0813. The Morgan fingerprint density at radius 1 is 1.29 bits per heavy atom. The zero-order valence-electron chi connectivity index (χ0n) is 16.8. The highest BCUT2D eigenvalue weighted by Gasteiger charge is 2.33. The summed E-state index contributed by atoms with van der Waals surface area (Å²) >= 11 is 0. The minimum atomic E-state index is -0.563. The molecule has 1 unspecified atom stereocenters. The molecule has 2 N–H and O–H groups in total. The molecule has 10 heteroatoms. The molecule has 1 saturated heterocycles. The Hall–Kier alpha value is -2.95. The van der Waals surface area contributed by atoms with Crippen LogP contribution in [0.25, 0.3) is 5.57 Å². The normalized spacial score (nSPS) is 19.6. The van der Waals surface area contributed by atoms with Crippen LogP contribution in [-0.4, -0.2) is 78.0 Å². The number of rotatable bonds is 8. The highest BCUT2D eigenvalue weighted by molar-refractivity contribution is 5.90. The summed E-state index contributed by atoms with van der Waals surface area (Å²) in [6, 6.07) is 5.92. The molecule has 1 fully saturated rings. The maximum atomic E-state index is 14.9. The molecule has 0 saturated carbocycles. The van der Waals surface area contributed by atoms with Crippen molar-refractivity contribution >= 4 is 17.4 Å². The van der Waals surface area contributed by atoms with Gasteiger partial charge in [-0.1, -0.05) is 6.08 Å². The molecule has 0 bridgehead atoms. The van der Waals surface area contributed by atoms with Gasteiger partial charge >= 0.3 is 6.09 Å². The largest absolute Gasteiger partial charge is 0.471 e. The van der Waals surface area contributed by atoms with Gasteiger partial charge in [-0.3, -0.25) is 9.80 Å². The smallest absolute Gasteiger partial charge is 0.414 e. The molecule has 1 atom stereocenters. The fourth-order valence-electron chi connectivity index (χ4n) is 3.76. The Morgan fingerprint density at radius 3 is 2.77 bits per heavy atom. The van der Waals surface area contributed by atoms with Crippen LogP contribution < -0.4 is 9.64 Å². The third-order valence-electron chi connectivity index (χ3n) is 5.49. The van der Waals surface area contributed by atoms with Crippen LogP contribution >= 0.6 is 0 Å². The number of amides is 1. The first-order valence-electron chi connectivity index (χ1n) is 10.0. The monoisotopic (exact) mass is 433 g/mol. The summed E-state index contributed by atoms with van der Waals surface area (Å²) in [6.45, 7) is 1.23. The molecule has 2 aromatic rings. The van der Waals surface area contributed by atoms with Gasteiger partial charge in [0.05, 0.1) is 31.5 Å². The molecular weight excluding hydrogens is 409 g/mol. The third-order valence-corrected chi connectivity index (χ3v) is 5.49. The van der Waals surface area contributed by atoms with E-state index in [9.17, 15) is 19.4 Å². The van der Waals surface area contributed by atoms with E-state index in [0.29, 0.717) is 36.6 Å². The number of carbonyl (C=O) groups is 1. The minimum absolute atomic E-state index is 0.112. The third kappa shape index (κ3) is 4.71. The van der Waals surface area contributed by atoms with E-state index in [2.05, 4.69) is 9.68 Å². The highest BCUT2D eigenvalue weighted by Crippen LogP contribution is 2.30. The van der Waals surface area contributed by atoms with Gasteiger partial charge in [-0.2, -0.15) is 0 Å². The van der Waals surface area contributed by atoms with Crippen LogP contribution in [0.1, 0.15) is 12.0 Å². The highest BCUT2D eigenvalue weighted by atomic mass is 19.1. The van der Waals surface area contributed by atoms with Crippen LogP contribution in [0.5, 0.6) is 5.88 Å². The van der Waals surface area contributed by atoms with E-state index in [4.69, 9.17) is 9.47 Å². The van der Waals surface area contributed by atoms with Crippen LogP contribution in [0.4, 0.5) is 14.9 Å². The van der Waals surface area contributed by atoms with Gasteiger partial charge in [0.2, 0.25) is 0 Å². The fourth-order valence-corrected chi connectivity index (χ4v) is 3.76.